The Labute approximate surface area is 132 Å². The molecule has 22 heavy (non-hydrogen) atoms. The number of nitrogens with one attached hydrogen (secondary N) is 1. The van der Waals surface area contributed by atoms with Crippen LogP contribution in [0, 0.1) is 0 Å². The molecular formula is C17H25N3O2. The van der Waals surface area contributed by atoms with Crippen LogP contribution in [0.4, 0.5) is 5.69 Å². The summed E-state index contributed by atoms with van der Waals surface area (Å²) in [7, 11) is 0. The minimum Gasteiger partial charge on any atom is -0.339 e. The quantitative estimate of drug-likeness (QED) is 0.876. The molecule has 1 aromatic carbocycles. The molecule has 0 atom stereocenters. The Morgan fingerprint density at radius 2 is 1.86 bits per heavy atom. The average Bonchev–Trinajstić information content (AvgIpc) is 3.06. The number of likely N-dealkylation sites (tertiary alicyclic amines) is 1. The molecule has 2 amide bonds. The fourth-order valence-electron chi connectivity index (χ4n) is 2.68. The molecule has 0 aliphatic carbocycles. The molecular weight excluding hydrogens is 278 g/mol. The van der Waals surface area contributed by atoms with E-state index in [0.717, 1.165) is 39.0 Å². The van der Waals surface area contributed by atoms with Crippen LogP contribution in [0.3, 0.4) is 0 Å². The highest BCUT2D eigenvalue weighted by molar-refractivity contribution is 5.97. The molecule has 5 heteroatoms. The predicted molar refractivity (Wildman–Crippen MR) is 88.0 cm³/mol. The Morgan fingerprint density at radius 3 is 2.50 bits per heavy atom. The summed E-state index contributed by atoms with van der Waals surface area (Å²) in [5.41, 5.74) is 1.32. The summed E-state index contributed by atoms with van der Waals surface area (Å²) in [5.74, 6) is 0.00631. The number of carbonyl (C=O) groups excluding carboxylic acids is 2. The van der Waals surface area contributed by atoms with Crippen LogP contribution in [0.25, 0.3) is 0 Å². The fourth-order valence-corrected chi connectivity index (χ4v) is 2.68. The van der Waals surface area contributed by atoms with Gasteiger partial charge in [-0.3, -0.25) is 14.5 Å². The third-order valence-corrected chi connectivity index (χ3v) is 4.05. The van der Waals surface area contributed by atoms with Gasteiger partial charge in [0, 0.05) is 24.3 Å². The van der Waals surface area contributed by atoms with Crippen molar-refractivity contribution in [2.45, 2.75) is 26.7 Å². The summed E-state index contributed by atoms with van der Waals surface area (Å²) in [5, 5.41) is 2.88. The molecule has 1 aliphatic heterocycles. The monoisotopic (exact) mass is 303 g/mol. The Hall–Kier alpha value is -1.88. The minimum absolute atomic E-state index is 0.0468. The summed E-state index contributed by atoms with van der Waals surface area (Å²) < 4.78 is 0. The van der Waals surface area contributed by atoms with E-state index >= 15 is 0 Å². The van der Waals surface area contributed by atoms with Crippen molar-refractivity contribution >= 4 is 17.5 Å². The van der Waals surface area contributed by atoms with Gasteiger partial charge in [-0.2, -0.15) is 0 Å². The number of anilines is 1. The first-order chi connectivity index (χ1) is 10.6. The molecule has 0 spiro atoms. The lowest BCUT2D eigenvalue weighted by molar-refractivity contribution is -0.117. The van der Waals surface area contributed by atoms with Crippen molar-refractivity contribution in [2.75, 3.05) is 38.0 Å². The van der Waals surface area contributed by atoms with Crippen LogP contribution in [0.1, 0.15) is 37.0 Å². The first-order valence-electron chi connectivity index (χ1n) is 8.05. The maximum atomic E-state index is 12.4. The number of amides is 2. The van der Waals surface area contributed by atoms with Gasteiger partial charge >= 0.3 is 0 Å². The average molecular weight is 303 g/mol. The van der Waals surface area contributed by atoms with Crippen LogP contribution >= 0.6 is 0 Å². The highest BCUT2D eigenvalue weighted by atomic mass is 16.2. The molecule has 5 nitrogen and oxygen atoms in total. The zero-order valence-electron chi connectivity index (χ0n) is 13.5. The second kappa shape index (κ2) is 7.94. The third kappa shape index (κ3) is 4.31. The fraction of sp³-hybridized carbons (Fsp3) is 0.529. The predicted octanol–water partition coefficient (Wildman–Crippen LogP) is 2.20. The standard InChI is InChI=1S/C17H25N3O2/c1-3-19(4-2)13-16(21)18-15-9-7-8-14(12-15)17(22)20-10-5-6-11-20/h7-9,12H,3-6,10-11,13H2,1-2H3,(H,18,21). The molecule has 1 fully saturated rings. The van der Waals surface area contributed by atoms with Crippen molar-refractivity contribution in [1.29, 1.82) is 0 Å². The third-order valence-electron chi connectivity index (χ3n) is 4.05. The van der Waals surface area contributed by atoms with E-state index in [2.05, 4.69) is 10.2 Å². The molecule has 2 rings (SSSR count). The van der Waals surface area contributed by atoms with E-state index in [-0.39, 0.29) is 11.8 Å². The van der Waals surface area contributed by atoms with Gasteiger partial charge in [0.05, 0.1) is 6.54 Å². The molecule has 0 bridgehead atoms. The van der Waals surface area contributed by atoms with Crippen LogP contribution in [-0.2, 0) is 4.79 Å². The molecule has 1 aliphatic rings. The molecule has 120 valence electrons. The largest absolute Gasteiger partial charge is 0.339 e. The van der Waals surface area contributed by atoms with Gasteiger partial charge in [0.15, 0.2) is 0 Å². The lowest BCUT2D eigenvalue weighted by atomic mass is 10.1. The van der Waals surface area contributed by atoms with Gasteiger partial charge < -0.3 is 10.2 Å². The van der Waals surface area contributed by atoms with Crippen LogP contribution in [0.5, 0.6) is 0 Å². The summed E-state index contributed by atoms with van der Waals surface area (Å²) in [6, 6.07) is 7.21. The van der Waals surface area contributed by atoms with Gasteiger partial charge in [-0.15, -0.1) is 0 Å². The first kappa shape index (κ1) is 16.5. The van der Waals surface area contributed by atoms with Crippen molar-refractivity contribution in [1.82, 2.24) is 9.80 Å². The number of benzene rings is 1. The Balaban J connectivity index is 1.99. The maximum absolute atomic E-state index is 12.4. The topological polar surface area (TPSA) is 52.7 Å². The Morgan fingerprint density at radius 1 is 1.18 bits per heavy atom. The van der Waals surface area contributed by atoms with Crippen molar-refractivity contribution < 1.29 is 9.59 Å². The second-order valence-electron chi connectivity index (χ2n) is 5.59. The van der Waals surface area contributed by atoms with Crippen LogP contribution in [0.2, 0.25) is 0 Å². The lowest BCUT2D eigenvalue weighted by Gasteiger charge is -2.18. The van der Waals surface area contributed by atoms with E-state index < -0.39 is 0 Å². The van der Waals surface area contributed by atoms with Gasteiger partial charge in [0.2, 0.25) is 5.91 Å². The van der Waals surface area contributed by atoms with Gasteiger partial charge in [0.25, 0.3) is 5.91 Å². The molecule has 1 aromatic rings. The molecule has 1 heterocycles. The van der Waals surface area contributed by atoms with E-state index in [1.807, 2.05) is 30.9 Å². The summed E-state index contributed by atoms with van der Waals surface area (Å²) in [6.45, 7) is 7.79. The van der Waals surface area contributed by atoms with Crippen molar-refractivity contribution in [3.63, 3.8) is 0 Å². The van der Waals surface area contributed by atoms with Gasteiger partial charge in [-0.05, 0) is 44.1 Å². The van der Waals surface area contributed by atoms with Gasteiger partial charge in [0.1, 0.15) is 0 Å². The zero-order chi connectivity index (χ0) is 15.9. The maximum Gasteiger partial charge on any atom is 0.253 e. The summed E-state index contributed by atoms with van der Waals surface area (Å²) in [4.78, 5) is 28.3. The van der Waals surface area contributed by atoms with Crippen molar-refractivity contribution in [2.24, 2.45) is 0 Å². The highest BCUT2D eigenvalue weighted by Crippen LogP contribution is 2.16. The number of likely N-dealkylation sites (N-methyl/N-ethyl adjacent to an activating group) is 1. The summed E-state index contributed by atoms with van der Waals surface area (Å²) in [6.07, 6.45) is 2.15. The van der Waals surface area contributed by atoms with Crippen molar-refractivity contribution in [3.8, 4) is 0 Å². The number of hydrogen-bond acceptors (Lipinski definition) is 3. The minimum atomic E-state index is -0.0468. The number of rotatable bonds is 6. The first-order valence-corrected chi connectivity index (χ1v) is 8.05. The second-order valence-corrected chi connectivity index (χ2v) is 5.59. The van der Waals surface area contributed by atoms with E-state index in [1.165, 1.54) is 0 Å². The lowest BCUT2D eigenvalue weighted by Crippen LogP contribution is -2.33. The normalized spacial score (nSPS) is 14.4. The molecule has 0 unspecified atom stereocenters. The van der Waals surface area contributed by atoms with Crippen LogP contribution in [0.15, 0.2) is 24.3 Å². The van der Waals surface area contributed by atoms with E-state index in [4.69, 9.17) is 0 Å². The molecule has 1 saturated heterocycles. The zero-order valence-corrected chi connectivity index (χ0v) is 13.5. The van der Waals surface area contributed by atoms with Crippen LogP contribution < -0.4 is 5.32 Å². The van der Waals surface area contributed by atoms with Crippen molar-refractivity contribution in [3.05, 3.63) is 29.8 Å². The Bertz CT molecular complexity index is 520. The van der Waals surface area contributed by atoms with Crippen LogP contribution in [-0.4, -0.2) is 54.3 Å². The number of hydrogen-bond donors (Lipinski definition) is 1. The van der Waals surface area contributed by atoms with E-state index in [9.17, 15) is 9.59 Å². The molecule has 0 saturated carbocycles. The van der Waals surface area contributed by atoms with Gasteiger partial charge in [-0.25, -0.2) is 0 Å². The SMILES string of the molecule is CCN(CC)CC(=O)Nc1cccc(C(=O)N2CCCC2)c1. The van der Waals surface area contributed by atoms with E-state index in [0.29, 0.717) is 17.8 Å². The molecule has 0 radical (unpaired) electrons. The smallest absolute Gasteiger partial charge is 0.253 e. The summed E-state index contributed by atoms with van der Waals surface area (Å²) >= 11 is 0. The molecule has 1 N–H and O–H groups in total. The number of nitrogens with zero attached hydrogens (tertiary/aromatic N) is 2. The van der Waals surface area contributed by atoms with Gasteiger partial charge in [-0.1, -0.05) is 19.9 Å². The Kier molecular flexibility index (Phi) is 5.95. The number of carbonyl (C=O) groups is 2. The molecule has 0 aromatic heterocycles. The highest BCUT2D eigenvalue weighted by Gasteiger charge is 2.19. The van der Waals surface area contributed by atoms with E-state index in [1.54, 1.807) is 12.1 Å².